The van der Waals surface area contributed by atoms with Crippen molar-refractivity contribution in [3.05, 3.63) is 53.2 Å². The molecule has 10 heteroatoms. The minimum atomic E-state index is -0.699. The van der Waals surface area contributed by atoms with Gasteiger partial charge in [0, 0.05) is 31.7 Å². The Labute approximate surface area is 217 Å². The van der Waals surface area contributed by atoms with Gasteiger partial charge >= 0.3 is 0 Å². The molecule has 3 amide bonds. The summed E-state index contributed by atoms with van der Waals surface area (Å²) in [5.74, 6) is -0.463. The molecule has 9 nitrogen and oxygen atoms in total. The molecule has 2 unspecified atom stereocenters. The maximum absolute atomic E-state index is 13.7. The predicted octanol–water partition coefficient (Wildman–Crippen LogP) is 2.55. The van der Waals surface area contributed by atoms with E-state index in [-0.39, 0.29) is 41.8 Å². The summed E-state index contributed by atoms with van der Waals surface area (Å²) in [5, 5.41) is 9.59. The lowest BCUT2D eigenvalue weighted by Gasteiger charge is -2.37. The van der Waals surface area contributed by atoms with Gasteiger partial charge in [0.25, 0.3) is 5.91 Å². The van der Waals surface area contributed by atoms with Crippen molar-refractivity contribution >= 4 is 17.7 Å². The van der Waals surface area contributed by atoms with Crippen LogP contribution in [-0.4, -0.2) is 78.0 Å². The molecule has 1 aromatic heterocycles. The fourth-order valence-electron chi connectivity index (χ4n) is 4.58. The zero-order chi connectivity index (χ0) is 27.2. The summed E-state index contributed by atoms with van der Waals surface area (Å²) >= 11 is 0. The fourth-order valence-corrected chi connectivity index (χ4v) is 4.58. The molecule has 1 aromatic carbocycles. The highest BCUT2D eigenvalue weighted by Gasteiger charge is 2.40. The first-order valence-corrected chi connectivity index (χ1v) is 12.7. The highest BCUT2D eigenvalue weighted by Crippen LogP contribution is 2.26. The number of carbonyl (C=O) groups is 3. The highest BCUT2D eigenvalue weighted by molar-refractivity contribution is 5.92. The second-order valence-electron chi connectivity index (χ2n) is 10.7. The summed E-state index contributed by atoms with van der Waals surface area (Å²) < 4.78 is 18.5. The Morgan fingerprint density at radius 1 is 1.24 bits per heavy atom. The first-order chi connectivity index (χ1) is 17.5. The second-order valence-corrected chi connectivity index (χ2v) is 10.7. The van der Waals surface area contributed by atoms with Gasteiger partial charge < -0.3 is 25.0 Å². The number of nitrogens with zero attached hydrogens (tertiary/aromatic N) is 3. The number of aromatic nitrogens is 1. The molecule has 1 saturated heterocycles. The quantitative estimate of drug-likeness (QED) is 0.504. The standard InChI is InChI=1S/C27H38FN5O4/c1-18-15-22(31-37-18)25(35)32(14-12-19-8-10-20(28)11-9-19)17-21-7-6-13-33(21)26(36)24(27(2,3)4)30-23(34)16-29-5/h8-11,15,21,24,29H,6-7,12-14,16-17H2,1-5H3,(H,30,34). The number of nitrogens with one attached hydrogen (secondary N) is 2. The molecule has 3 rings (SSSR count). The number of aryl methyl sites for hydroxylation is 1. The monoisotopic (exact) mass is 515 g/mol. The molecule has 1 aliphatic heterocycles. The molecule has 0 aliphatic carbocycles. The van der Waals surface area contributed by atoms with Gasteiger partial charge in [0.2, 0.25) is 11.8 Å². The van der Waals surface area contributed by atoms with Crippen LogP contribution in [0.3, 0.4) is 0 Å². The minimum Gasteiger partial charge on any atom is -0.361 e. The van der Waals surface area contributed by atoms with E-state index in [4.69, 9.17) is 4.52 Å². The molecule has 2 N–H and O–H groups in total. The molecule has 0 spiro atoms. The molecule has 202 valence electrons. The summed E-state index contributed by atoms with van der Waals surface area (Å²) in [6, 6.07) is 6.89. The smallest absolute Gasteiger partial charge is 0.276 e. The molecular formula is C27H38FN5O4. The van der Waals surface area contributed by atoms with Gasteiger partial charge in [0.15, 0.2) is 5.69 Å². The molecular weight excluding hydrogens is 477 g/mol. The van der Waals surface area contributed by atoms with Crippen LogP contribution in [0.1, 0.15) is 55.4 Å². The van der Waals surface area contributed by atoms with Crippen molar-refractivity contribution in [2.75, 3.05) is 33.2 Å². The van der Waals surface area contributed by atoms with Crippen molar-refractivity contribution in [1.29, 1.82) is 0 Å². The van der Waals surface area contributed by atoms with Crippen molar-refractivity contribution in [2.45, 2.75) is 59.0 Å². The third kappa shape index (κ3) is 7.61. The largest absolute Gasteiger partial charge is 0.361 e. The third-order valence-corrected chi connectivity index (χ3v) is 6.56. The van der Waals surface area contributed by atoms with Crippen LogP contribution in [0.15, 0.2) is 34.9 Å². The maximum atomic E-state index is 13.7. The van der Waals surface area contributed by atoms with Crippen LogP contribution in [0.2, 0.25) is 0 Å². The van der Waals surface area contributed by atoms with E-state index in [1.54, 1.807) is 42.0 Å². The number of hydrogen-bond acceptors (Lipinski definition) is 6. The lowest BCUT2D eigenvalue weighted by atomic mass is 9.85. The van der Waals surface area contributed by atoms with Crippen LogP contribution in [-0.2, 0) is 16.0 Å². The van der Waals surface area contributed by atoms with E-state index in [1.807, 2.05) is 20.8 Å². The molecule has 0 radical (unpaired) electrons. The van der Waals surface area contributed by atoms with E-state index >= 15 is 0 Å². The van der Waals surface area contributed by atoms with Crippen molar-refractivity contribution < 1.29 is 23.3 Å². The van der Waals surface area contributed by atoms with E-state index in [9.17, 15) is 18.8 Å². The zero-order valence-corrected chi connectivity index (χ0v) is 22.3. The number of hydrogen-bond donors (Lipinski definition) is 2. The van der Waals surface area contributed by atoms with Gasteiger partial charge in [-0.25, -0.2) is 4.39 Å². The van der Waals surface area contributed by atoms with Gasteiger partial charge in [-0.3, -0.25) is 14.4 Å². The number of benzene rings is 1. The first-order valence-electron chi connectivity index (χ1n) is 12.7. The first kappa shape index (κ1) is 28.3. The Kier molecular flexibility index (Phi) is 9.42. The van der Waals surface area contributed by atoms with E-state index in [1.165, 1.54) is 12.1 Å². The molecule has 2 atom stereocenters. The Morgan fingerprint density at radius 3 is 2.54 bits per heavy atom. The summed E-state index contributed by atoms with van der Waals surface area (Å²) in [6.45, 7) is 8.85. The van der Waals surface area contributed by atoms with Crippen LogP contribution in [0.5, 0.6) is 0 Å². The molecule has 1 fully saturated rings. The van der Waals surface area contributed by atoms with Crippen molar-refractivity contribution in [3.63, 3.8) is 0 Å². The Balaban J connectivity index is 1.79. The van der Waals surface area contributed by atoms with E-state index in [2.05, 4.69) is 15.8 Å². The molecule has 37 heavy (non-hydrogen) atoms. The van der Waals surface area contributed by atoms with Crippen LogP contribution in [0.4, 0.5) is 4.39 Å². The molecule has 0 bridgehead atoms. The van der Waals surface area contributed by atoms with Crippen LogP contribution < -0.4 is 10.6 Å². The number of amides is 3. The van der Waals surface area contributed by atoms with Crippen LogP contribution in [0.25, 0.3) is 0 Å². The lowest BCUT2D eigenvalue weighted by molar-refractivity contribution is -0.140. The Morgan fingerprint density at radius 2 is 1.95 bits per heavy atom. The van der Waals surface area contributed by atoms with E-state index < -0.39 is 11.5 Å². The third-order valence-electron chi connectivity index (χ3n) is 6.56. The number of rotatable bonds is 10. The van der Waals surface area contributed by atoms with Crippen molar-refractivity contribution in [1.82, 2.24) is 25.6 Å². The van der Waals surface area contributed by atoms with Gasteiger partial charge in [0.05, 0.1) is 6.54 Å². The second kappa shape index (κ2) is 12.3. The van der Waals surface area contributed by atoms with Gasteiger partial charge in [0.1, 0.15) is 17.6 Å². The SMILES string of the molecule is CNCC(=O)NC(C(=O)N1CCCC1CN(CCc1ccc(F)cc1)C(=O)c1cc(C)on1)C(C)(C)C. The predicted molar refractivity (Wildman–Crippen MR) is 137 cm³/mol. The van der Waals surface area contributed by atoms with Crippen molar-refractivity contribution in [3.8, 4) is 0 Å². The molecule has 2 heterocycles. The van der Waals surface area contributed by atoms with Gasteiger partial charge in [-0.2, -0.15) is 0 Å². The number of halogens is 1. The average Bonchev–Trinajstić information content (AvgIpc) is 3.49. The van der Waals surface area contributed by atoms with Crippen molar-refractivity contribution in [2.24, 2.45) is 5.41 Å². The van der Waals surface area contributed by atoms with Crippen LogP contribution >= 0.6 is 0 Å². The number of likely N-dealkylation sites (N-methyl/N-ethyl adjacent to an activating group) is 1. The fraction of sp³-hybridized carbons (Fsp3) is 0.556. The van der Waals surface area contributed by atoms with E-state index in [0.717, 1.165) is 18.4 Å². The normalized spacial score (nSPS) is 16.5. The minimum absolute atomic E-state index is 0.117. The van der Waals surface area contributed by atoms with E-state index in [0.29, 0.717) is 31.8 Å². The molecule has 2 aromatic rings. The summed E-state index contributed by atoms with van der Waals surface area (Å²) in [7, 11) is 1.68. The topological polar surface area (TPSA) is 108 Å². The number of carbonyl (C=O) groups excluding carboxylic acids is 3. The van der Waals surface area contributed by atoms with Crippen LogP contribution in [0, 0.1) is 18.2 Å². The average molecular weight is 516 g/mol. The van der Waals surface area contributed by atoms with Gasteiger partial charge in [-0.05, 0) is 56.3 Å². The lowest BCUT2D eigenvalue weighted by Crippen LogP contribution is -2.58. The summed E-state index contributed by atoms with van der Waals surface area (Å²) in [4.78, 5) is 42.9. The van der Waals surface area contributed by atoms with Gasteiger partial charge in [-0.1, -0.05) is 38.1 Å². The summed E-state index contributed by atoms with van der Waals surface area (Å²) in [6.07, 6.45) is 2.07. The Hall–Kier alpha value is -3.27. The van der Waals surface area contributed by atoms with Gasteiger partial charge in [-0.15, -0.1) is 0 Å². The highest BCUT2D eigenvalue weighted by atomic mass is 19.1. The zero-order valence-electron chi connectivity index (χ0n) is 22.3. The molecule has 1 aliphatic rings. The summed E-state index contributed by atoms with van der Waals surface area (Å²) in [5.41, 5.74) is 0.610. The Bertz CT molecular complexity index is 1080. The maximum Gasteiger partial charge on any atom is 0.276 e. The number of likely N-dealkylation sites (tertiary alicyclic amines) is 1. The molecule has 0 saturated carbocycles.